The van der Waals surface area contributed by atoms with Gasteiger partial charge in [-0.15, -0.1) is 0 Å². The summed E-state index contributed by atoms with van der Waals surface area (Å²) in [5.41, 5.74) is 9.99. The van der Waals surface area contributed by atoms with Crippen molar-refractivity contribution in [3.8, 4) is 0 Å². The van der Waals surface area contributed by atoms with Gasteiger partial charge >= 0.3 is 0 Å². The predicted octanol–water partition coefficient (Wildman–Crippen LogP) is 2.01. The highest BCUT2D eigenvalue weighted by Gasteiger charge is 2.21. The summed E-state index contributed by atoms with van der Waals surface area (Å²) in [5.74, 6) is 0.389. The van der Waals surface area contributed by atoms with Crippen molar-refractivity contribution < 1.29 is 9.32 Å². The highest BCUT2D eigenvalue weighted by Crippen LogP contribution is 2.23. The van der Waals surface area contributed by atoms with E-state index in [2.05, 4.69) is 15.5 Å². The molecule has 2 aromatic heterocycles. The van der Waals surface area contributed by atoms with Gasteiger partial charge in [-0.1, -0.05) is 12.1 Å². The molecule has 0 fully saturated rings. The van der Waals surface area contributed by atoms with Crippen LogP contribution in [0.4, 0.5) is 5.69 Å². The summed E-state index contributed by atoms with van der Waals surface area (Å²) < 4.78 is 5.17. The molecular formula is C16H20N4O2. The van der Waals surface area contributed by atoms with Crippen molar-refractivity contribution in [1.29, 1.82) is 0 Å². The molecule has 1 unspecified atom stereocenters. The largest absolute Gasteiger partial charge is 0.360 e. The highest BCUT2D eigenvalue weighted by atomic mass is 16.5. The monoisotopic (exact) mass is 300 g/mol. The summed E-state index contributed by atoms with van der Waals surface area (Å²) in [4.78, 5) is 16.9. The fourth-order valence-corrected chi connectivity index (χ4v) is 2.86. The summed E-state index contributed by atoms with van der Waals surface area (Å²) in [7, 11) is 0. The van der Waals surface area contributed by atoms with Gasteiger partial charge in [-0.05, 0) is 37.8 Å². The van der Waals surface area contributed by atoms with Gasteiger partial charge in [-0.3, -0.25) is 9.78 Å². The Morgan fingerprint density at radius 3 is 3.14 bits per heavy atom. The summed E-state index contributed by atoms with van der Waals surface area (Å²) in [6.07, 6.45) is 4.99. The van der Waals surface area contributed by atoms with Gasteiger partial charge in [-0.25, -0.2) is 0 Å². The number of anilines is 1. The SMILES string of the molecule is CCc1onc(C)c1C(=O)Nc1cnc2c(c1)CC(N)CC2. The Bertz CT molecular complexity index is 708. The molecule has 0 spiro atoms. The summed E-state index contributed by atoms with van der Waals surface area (Å²) >= 11 is 0. The van der Waals surface area contributed by atoms with Crippen LogP contribution in [0.1, 0.15) is 46.4 Å². The van der Waals surface area contributed by atoms with Gasteiger partial charge in [0, 0.05) is 18.2 Å². The van der Waals surface area contributed by atoms with Crippen molar-refractivity contribution in [2.75, 3.05) is 5.32 Å². The van der Waals surface area contributed by atoms with E-state index in [4.69, 9.17) is 10.3 Å². The van der Waals surface area contributed by atoms with Crippen LogP contribution in [0.2, 0.25) is 0 Å². The lowest BCUT2D eigenvalue weighted by molar-refractivity contribution is 0.102. The zero-order valence-electron chi connectivity index (χ0n) is 12.8. The standard InChI is InChI=1S/C16H20N4O2/c1-3-14-15(9(2)20-22-14)16(21)19-12-7-10-6-11(17)4-5-13(10)18-8-12/h7-8,11H,3-6,17H2,1-2H3,(H,19,21). The minimum atomic E-state index is -0.211. The maximum atomic E-state index is 12.4. The zero-order valence-corrected chi connectivity index (χ0v) is 12.8. The molecule has 0 bridgehead atoms. The molecule has 3 rings (SSSR count). The minimum Gasteiger partial charge on any atom is -0.360 e. The smallest absolute Gasteiger partial charge is 0.261 e. The molecule has 0 aliphatic heterocycles. The molecule has 2 heterocycles. The Kier molecular flexibility index (Phi) is 3.94. The number of nitrogens with two attached hydrogens (primary N) is 1. The van der Waals surface area contributed by atoms with Crippen molar-refractivity contribution in [2.45, 2.75) is 45.6 Å². The van der Waals surface area contributed by atoms with Crippen LogP contribution in [0.25, 0.3) is 0 Å². The average molecular weight is 300 g/mol. The lowest BCUT2D eigenvalue weighted by atomic mass is 9.92. The van der Waals surface area contributed by atoms with E-state index >= 15 is 0 Å². The number of hydrogen-bond donors (Lipinski definition) is 2. The third kappa shape index (κ3) is 2.74. The predicted molar refractivity (Wildman–Crippen MR) is 82.8 cm³/mol. The summed E-state index contributed by atoms with van der Waals surface area (Å²) in [6, 6.07) is 2.14. The third-order valence-electron chi connectivity index (χ3n) is 4.03. The fourth-order valence-electron chi connectivity index (χ4n) is 2.86. The van der Waals surface area contributed by atoms with Crippen molar-refractivity contribution in [2.24, 2.45) is 5.73 Å². The minimum absolute atomic E-state index is 0.173. The Hall–Kier alpha value is -2.21. The van der Waals surface area contributed by atoms with Gasteiger partial charge in [0.15, 0.2) is 0 Å². The molecule has 0 radical (unpaired) electrons. The van der Waals surface area contributed by atoms with E-state index in [1.165, 1.54) is 0 Å². The van der Waals surface area contributed by atoms with Crippen LogP contribution in [0.15, 0.2) is 16.8 Å². The van der Waals surface area contributed by atoms with Crippen molar-refractivity contribution in [3.63, 3.8) is 0 Å². The van der Waals surface area contributed by atoms with Crippen LogP contribution in [-0.2, 0) is 19.3 Å². The van der Waals surface area contributed by atoms with Crippen LogP contribution in [-0.4, -0.2) is 22.1 Å². The first-order valence-electron chi connectivity index (χ1n) is 7.58. The number of rotatable bonds is 3. The number of carbonyl (C=O) groups is 1. The number of nitrogens with zero attached hydrogens (tertiary/aromatic N) is 2. The topological polar surface area (TPSA) is 94.0 Å². The first-order valence-corrected chi connectivity index (χ1v) is 7.58. The lowest BCUT2D eigenvalue weighted by Crippen LogP contribution is -2.28. The number of amides is 1. The van der Waals surface area contributed by atoms with Gasteiger partial charge in [0.1, 0.15) is 11.3 Å². The molecule has 1 atom stereocenters. The molecule has 116 valence electrons. The average Bonchev–Trinajstić information content (AvgIpc) is 2.87. The van der Waals surface area contributed by atoms with E-state index in [1.54, 1.807) is 13.1 Å². The quantitative estimate of drug-likeness (QED) is 0.904. The number of nitrogens with one attached hydrogen (secondary N) is 1. The number of pyridine rings is 1. The number of hydrogen-bond acceptors (Lipinski definition) is 5. The molecule has 3 N–H and O–H groups in total. The van der Waals surface area contributed by atoms with E-state index in [9.17, 15) is 4.79 Å². The van der Waals surface area contributed by atoms with Crippen LogP contribution < -0.4 is 11.1 Å². The second-order valence-electron chi connectivity index (χ2n) is 5.71. The number of fused-ring (bicyclic) bond motifs is 1. The Labute approximate surface area is 129 Å². The van der Waals surface area contributed by atoms with E-state index in [0.717, 1.165) is 30.5 Å². The molecule has 0 aromatic carbocycles. The van der Waals surface area contributed by atoms with E-state index in [1.807, 2.05) is 13.0 Å². The second-order valence-corrected chi connectivity index (χ2v) is 5.71. The first-order chi connectivity index (χ1) is 10.6. The normalized spacial score (nSPS) is 17.1. The summed E-state index contributed by atoms with van der Waals surface area (Å²) in [6.45, 7) is 3.69. The van der Waals surface area contributed by atoms with Crippen molar-refractivity contribution >= 4 is 11.6 Å². The Morgan fingerprint density at radius 2 is 2.36 bits per heavy atom. The molecular weight excluding hydrogens is 280 g/mol. The third-order valence-corrected chi connectivity index (χ3v) is 4.03. The molecule has 2 aromatic rings. The maximum absolute atomic E-state index is 12.4. The molecule has 1 amide bonds. The number of aryl methyl sites for hydroxylation is 3. The summed E-state index contributed by atoms with van der Waals surface area (Å²) in [5, 5.41) is 6.74. The van der Waals surface area contributed by atoms with Gasteiger partial charge in [0.25, 0.3) is 5.91 Å². The molecule has 1 aliphatic carbocycles. The number of aromatic nitrogens is 2. The Balaban J connectivity index is 1.82. The van der Waals surface area contributed by atoms with Crippen LogP contribution in [0.3, 0.4) is 0 Å². The molecule has 6 nitrogen and oxygen atoms in total. The van der Waals surface area contributed by atoms with Crippen LogP contribution >= 0.6 is 0 Å². The fraction of sp³-hybridized carbons (Fsp3) is 0.438. The van der Waals surface area contributed by atoms with Gasteiger partial charge < -0.3 is 15.6 Å². The van der Waals surface area contributed by atoms with Gasteiger partial charge in [0.2, 0.25) is 0 Å². The molecule has 6 heteroatoms. The highest BCUT2D eigenvalue weighted by molar-refractivity contribution is 6.05. The van der Waals surface area contributed by atoms with Gasteiger partial charge in [-0.2, -0.15) is 0 Å². The van der Waals surface area contributed by atoms with Gasteiger partial charge in [0.05, 0.1) is 17.6 Å². The lowest BCUT2D eigenvalue weighted by Gasteiger charge is -2.21. The Morgan fingerprint density at radius 1 is 1.55 bits per heavy atom. The van der Waals surface area contributed by atoms with Crippen LogP contribution in [0.5, 0.6) is 0 Å². The molecule has 0 saturated carbocycles. The zero-order chi connectivity index (χ0) is 15.7. The van der Waals surface area contributed by atoms with Crippen molar-refractivity contribution in [3.05, 3.63) is 40.5 Å². The van der Waals surface area contributed by atoms with E-state index in [-0.39, 0.29) is 11.9 Å². The number of carbonyl (C=O) groups excluding carboxylic acids is 1. The van der Waals surface area contributed by atoms with Crippen molar-refractivity contribution in [1.82, 2.24) is 10.1 Å². The van der Waals surface area contributed by atoms with Crippen LogP contribution in [0, 0.1) is 6.92 Å². The van der Waals surface area contributed by atoms with E-state index in [0.29, 0.717) is 29.1 Å². The van der Waals surface area contributed by atoms with E-state index < -0.39 is 0 Å². The first kappa shape index (κ1) is 14.7. The molecule has 22 heavy (non-hydrogen) atoms. The molecule has 0 saturated heterocycles. The second kappa shape index (κ2) is 5.88. The molecule has 1 aliphatic rings. The maximum Gasteiger partial charge on any atom is 0.261 e.